The number of nitrogens with zero attached hydrogens (tertiary/aromatic N) is 2. The Kier molecular flexibility index (Phi) is 5.23. The molecule has 1 aromatic heterocycles. The number of hydrogen-bond acceptors (Lipinski definition) is 4. The predicted molar refractivity (Wildman–Crippen MR) is 98.7 cm³/mol. The zero-order valence-corrected chi connectivity index (χ0v) is 15.3. The number of carbonyl (C=O) groups is 1. The summed E-state index contributed by atoms with van der Waals surface area (Å²) in [7, 11) is 0. The van der Waals surface area contributed by atoms with Crippen molar-refractivity contribution in [2.45, 2.75) is 40.2 Å². The Hall–Kier alpha value is -2.14. The Morgan fingerprint density at radius 2 is 1.96 bits per heavy atom. The molecule has 0 N–H and O–H groups in total. The van der Waals surface area contributed by atoms with E-state index in [0.717, 1.165) is 54.7 Å². The minimum absolute atomic E-state index is 0.221. The summed E-state index contributed by atoms with van der Waals surface area (Å²) in [5, 5.41) is 1.01. The molecule has 5 nitrogen and oxygen atoms in total. The molecule has 0 radical (unpaired) electrons. The number of amides is 1. The van der Waals surface area contributed by atoms with E-state index in [2.05, 4.69) is 11.0 Å². The molecule has 134 valence electrons. The van der Waals surface area contributed by atoms with E-state index in [-0.39, 0.29) is 11.5 Å². The SMILES string of the molecule is CCC(=O)N1CCCN(Cc2cc(=O)oc3c(C)c(C)ccc23)CC1. The van der Waals surface area contributed by atoms with Gasteiger partial charge in [0.1, 0.15) is 5.58 Å². The van der Waals surface area contributed by atoms with E-state index in [1.807, 2.05) is 31.7 Å². The summed E-state index contributed by atoms with van der Waals surface area (Å²) >= 11 is 0. The summed E-state index contributed by atoms with van der Waals surface area (Å²) in [5.74, 6) is 0.221. The van der Waals surface area contributed by atoms with Crippen molar-refractivity contribution < 1.29 is 9.21 Å². The number of aryl methyl sites for hydroxylation is 2. The third-order valence-electron chi connectivity index (χ3n) is 5.16. The zero-order valence-electron chi connectivity index (χ0n) is 15.3. The summed E-state index contributed by atoms with van der Waals surface area (Å²) < 4.78 is 5.46. The van der Waals surface area contributed by atoms with Gasteiger partial charge in [-0.3, -0.25) is 9.69 Å². The fourth-order valence-corrected chi connectivity index (χ4v) is 3.50. The molecule has 3 rings (SSSR count). The maximum Gasteiger partial charge on any atom is 0.336 e. The van der Waals surface area contributed by atoms with Gasteiger partial charge in [-0.1, -0.05) is 19.1 Å². The van der Waals surface area contributed by atoms with Crippen LogP contribution in [0, 0.1) is 13.8 Å². The second kappa shape index (κ2) is 7.40. The molecule has 2 aromatic rings. The number of benzene rings is 1. The van der Waals surface area contributed by atoms with Crippen LogP contribution in [0.4, 0.5) is 0 Å². The Balaban J connectivity index is 1.85. The van der Waals surface area contributed by atoms with E-state index in [0.29, 0.717) is 18.5 Å². The van der Waals surface area contributed by atoms with E-state index in [1.54, 1.807) is 6.07 Å². The molecule has 0 aliphatic carbocycles. The minimum atomic E-state index is -0.297. The first kappa shape index (κ1) is 17.7. The predicted octanol–water partition coefficient (Wildman–Crippen LogP) is 2.85. The topological polar surface area (TPSA) is 53.8 Å². The summed E-state index contributed by atoms with van der Waals surface area (Å²) in [6.07, 6.45) is 1.52. The van der Waals surface area contributed by atoms with Gasteiger partial charge >= 0.3 is 5.63 Å². The smallest absolute Gasteiger partial charge is 0.336 e. The van der Waals surface area contributed by atoms with Gasteiger partial charge in [0.25, 0.3) is 0 Å². The van der Waals surface area contributed by atoms with Crippen LogP contribution >= 0.6 is 0 Å². The van der Waals surface area contributed by atoms with Gasteiger partial charge in [0.2, 0.25) is 5.91 Å². The molecule has 1 aromatic carbocycles. The number of carbonyl (C=O) groups excluding carboxylic acids is 1. The van der Waals surface area contributed by atoms with E-state index >= 15 is 0 Å². The second-order valence-corrected chi connectivity index (χ2v) is 6.84. The average Bonchev–Trinajstić information content (AvgIpc) is 2.83. The van der Waals surface area contributed by atoms with Crippen molar-refractivity contribution in [3.63, 3.8) is 0 Å². The fraction of sp³-hybridized carbons (Fsp3) is 0.500. The second-order valence-electron chi connectivity index (χ2n) is 6.84. The van der Waals surface area contributed by atoms with Crippen molar-refractivity contribution >= 4 is 16.9 Å². The lowest BCUT2D eigenvalue weighted by Gasteiger charge is -2.22. The molecule has 0 saturated carbocycles. The molecule has 2 heterocycles. The van der Waals surface area contributed by atoms with Gasteiger partial charge in [0, 0.05) is 50.6 Å². The first-order valence-corrected chi connectivity index (χ1v) is 9.02. The highest BCUT2D eigenvalue weighted by Crippen LogP contribution is 2.24. The Morgan fingerprint density at radius 3 is 2.72 bits per heavy atom. The summed E-state index contributed by atoms with van der Waals surface area (Å²) in [6.45, 7) is 9.96. The number of rotatable bonds is 3. The lowest BCUT2D eigenvalue weighted by Crippen LogP contribution is -2.34. The molecular formula is C20H26N2O3. The van der Waals surface area contributed by atoms with Crippen molar-refractivity contribution in [3.05, 3.63) is 45.3 Å². The van der Waals surface area contributed by atoms with E-state index in [9.17, 15) is 9.59 Å². The lowest BCUT2D eigenvalue weighted by molar-refractivity contribution is -0.130. The van der Waals surface area contributed by atoms with Crippen molar-refractivity contribution in [2.75, 3.05) is 26.2 Å². The van der Waals surface area contributed by atoms with E-state index in [1.165, 1.54) is 0 Å². The first-order valence-electron chi connectivity index (χ1n) is 9.02. The summed E-state index contributed by atoms with van der Waals surface area (Å²) in [6, 6.07) is 5.73. The van der Waals surface area contributed by atoms with E-state index < -0.39 is 0 Å². The molecule has 0 bridgehead atoms. The summed E-state index contributed by atoms with van der Waals surface area (Å²) in [4.78, 5) is 28.2. The van der Waals surface area contributed by atoms with Crippen LogP contribution in [0.1, 0.15) is 36.5 Å². The molecule has 0 atom stereocenters. The van der Waals surface area contributed by atoms with Crippen LogP contribution < -0.4 is 5.63 Å². The first-order chi connectivity index (χ1) is 12.0. The van der Waals surface area contributed by atoms with Crippen LogP contribution in [0.25, 0.3) is 11.0 Å². The highest BCUT2D eigenvalue weighted by Gasteiger charge is 2.19. The van der Waals surface area contributed by atoms with Crippen LogP contribution in [-0.4, -0.2) is 41.9 Å². The molecule has 1 aliphatic rings. The Morgan fingerprint density at radius 1 is 1.16 bits per heavy atom. The lowest BCUT2D eigenvalue weighted by atomic mass is 10.0. The standard InChI is InChI=1S/C20H26N2O3/c1-4-18(23)22-9-5-8-21(10-11-22)13-16-12-19(24)25-20-15(3)14(2)6-7-17(16)20/h6-7,12H,4-5,8-11,13H2,1-3H3. The van der Waals surface area contributed by atoms with Crippen LogP contribution in [0.15, 0.2) is 27.4 Å². The minimum Gasteiger partial charge on any atom is -0.422 e. The van der Waals surface area contributed by atoms with Gasteiger partial charge in [-0.15, -0.1) is 0 Å². The van der Waals surface area contributed by atoms with Crippen LogP contribution in [0.3, 0.4) is 0 Å². The molecule has 1 aliphatic heterocycles. The van der Waals surface area contributed by atoms with Crippen LogP contribution in [0.2, 0.25) is 0 Å². The fourth-order valence-electron chi connectivity index (χ4n) is 3.50. The maximum atomic E-state index is 12.0. The van der Waals surface area contributed by atoms with Gasteiger partial charge in [-0.2, -0.15) is 0 Å². The third kappa shape index (κ3) is 3.76. The molecule has 1 saturated heterocycles. The number of hydrogen-bond donors (Lipinski definition) is 0. The van der Waals surface area contributed by atoms with Gasteiger partial charge in [-0.25, -0.2) is 4.79 Å². The van der Waals surface area contributed by atoms with Crippen molar-refractivity contribution in [2.24, 2.45) is 0 Å². The van der Waals surface area contributed by atoms with Gasteiger partial charge in [-0.05, 0) is 37.0 Å². The van der Waals surface area contributed by atoms with Crippen molar-refractivity contribution in [1.82, 2.24) is 9.80 Å². The highest BCUT2D eigenvalue weighted by molar-refractivity contribution is 5.83. The molecule has 5 heteroatoms. The summed E-state index contributed by atoms with van der Waals surface area (Å²) in [5.41, 5.74) is 3.54. The molecule has 0 spiro atoms. The Labute approximate surface area is 148 Å². The zero-order chi connectivity index (χ0) is 18.0. The highest BCUT2D eigenvalue weighted by atomic mass is 16.4. The largest absolute Gasteiger partial charge is 0.422 e. The monoisotopic (exact) mass is 342 g/mol. The van der Waals surface area contributed by atoms with Crippen LogP contribution in [-0.2, 0) is 11.3 Å². The maximum absolute atomic E-state index is 12.0. The van der Waals surface area contributed by atoms with Gasteiger partial charge in [0.05, 0.1) is 0 Å². The molecule has 1 amide bonds. The van der Waals surface area contributed by atoms with Crippen LogP contribution in [0.5, 0.6) is 0 Å². The Bertz CT molecular complexity index is 841. The molecular weight excluding hydrogens is 316 g/mol. The molecule has 25 heavy (non-hydrogen) atoms. The average molecular weight is 342 g/mol. The third-order valence-corrected chi connectivity index (χ3v) is 5.16. The normalized spacial score (nSPS) is 16.2. The number of fused-ring (bicyclic) bond motifs is 1. The molecule has 1 fully saturated rings. The van der Waals surface area contributed by atoms with Crippen molar-refractivity contribution in [3.8, 4) is 0 Å². The van der Waals surface area contributed by atoms with Gasteiger partial charge in [0.15, 0.2) is 0 Å². The quantitative estimate of drug-likeness (QED) is 0.805. The van der Waals surface area contributed by atoms with Crippen molar-refractivity contribution in [1.29, 1.82) is 0 Å². The van der Waals surface area contributed by atoms with Gasteiger partial charge < -0.3 is 9.32 Å². The molecule has 0 unspecified atom stereocenters. The van der Waals surface area contributed by atoms with E-state index in [4.69, 9.17) is 4.42 Å².